The van der Waals surface area contributed by atoms with Gasteiger partial charge in [0.1, 0.15) is 17.6 Å². The van der Waals surface area contributed by atoms with E-state index in [1.54, 1.807) is 25.6 Å². The van der Waals surface area contributed by atoms with Crippen LogP contribution in [0.5, 0.6) is 5.75 Å². The summed E-state index contributed by atoms with van der Waals surface area (Å²) in [5.41, 5.74) is 0.758. The third kappa shape index (κ3) is 4.42. The predicted molar refractivity (Wildman–Crippen MR) is 105 cm³/mol. The van der Waals surface area contributed by atoms with Crippen LogP contribution in [0.25, 0.3) is 0 Å². The first-order valence-electron chi connectivity index (χ1n) is 8.42. The van der Waals surface area contributed by atoms with Gasteiger partial charge in [0, 0.05) is 25.0 Å². The fourth-order valence-electron chi connectivity index (χ4n) is 2.74. The first kappa shape index (κ1) is 19.7. The molecule has 0 aliphatic carbocycles. The van der Waals surface area contributed by atoms with Gasteiger partial charge in [0.2, 0.25) is 5.91 Å². The number of imidazole rings is 1. The number of aryl methyl sites for hydroxylation is 1. The van der Waals surface area contributed by atoms with E-state index in [0.717, 1.165) is 5.56 Å². The van der Waals surface area contributed by atoms with Crippen molar-refractivity contribution >= 4 is 27.7 Å². The molecule has 0 bridgehead atoms. The van der Waals surface area contributed by atoms with Crippen LogP contribution in [-0.4, -0.2) is 35.0 Å². The highest BCUT2D eigenvalue weighted by molar-refractivity contribution is 9.10. The van der Waals surface area contributed by atoms with E-state index in [1.807, 2.05) is 35.9 Å². The molecule has 0 fully saturated rings. The van der Waals surface area contributed by atoms with Crippen LogP contribution >= 0.6 is 15.9 Å². The van der Waals surface area contributed by atoms with Crippen molar-refractivity contribution in [3.63, 3.8) is 0 Å². The Morgan fingerprint density at radius 1 is 1.29 bits per heavy atom. The number of hydrogen-bond acceptors (Lipinski definition) is 5. The molecule has 0 aliphatic rings. The number of amides is 2. The lowest BCUT2D eigenvalue weighted by atomic mass is 10.0. The van der Waals surface area contributed by atoms with E-state index in [1.165, 1.54) is 6.07 Å². The second-order valence-corrected chi connectivity index (χ2v) is 6.71. The van der Waals surface area contributed by atoms with Crippen LogP contribution in [0.2, 0.25) is 0 Å². The first-order valence-corrected chi connectivity index (χ1v) is 9.22. The number of furan rings is 1. The standard InChI is InChI=1S/C19H19BrN4O4/c1-24-10-9-21-18(24)17(12-5-3-4-6-13(12)27-2)23-16(25)11-22-19(26)14-7-8-15(20)28-14/h3-10,17H,11H2,1-2H3,(H,22,26)(H,23,25). The van der Waals surface area contributed by atoms with Gasteiger partial charge < -0.3 is 24.4 Å². The van der Waals surface area contributed by atoms with E-state index in [-0.39, 0.29) is 18.2 Å². The van der Waals surface area contributed by atoms with Gasteiger partial charge in [0.15, 0.2) is 10.4 Å². The lowest BCUT2D eigenvalue weighted by Crippen LogP contribution is -2.39. The van der Waals surface area contributed by atoms with Gasteiger partial charge in [-0.3, -0.25) is 9.59 Å². The van der Waals surface area contributed by atoms with E-state index in [2.05, 4.69) is 31.5 Å². The van der Waals surface area contributed by atoms with Crippen LogP contribution in [0.1, 0.15) is 28.0 Å². The molecule has 3 rings (SSSR count). The molecule has 1 aromatic carbocycles. The Hall–Kier alpha value is -3.07. The van der Waals surface area contributed by atoms with Crippen LogP contribution in [0, 0.1) is 0 Å². The summed E-state index contributed by atoms with van der Waals surface area (Å²) in [4.78, 5) is 28.9. The maximum Gasteiger partial charge on any atom is 0.287 e. The lowest BCUT2D eigenvalue weighted by molar-refractivity contribution is -0.120. The smallest absolute Gasteiger partial charge is 0.287 e. The molecule has 8 nitrogen and oxygen atoms in total. The predicted octanol–water partition coefficient (Wildman–Crippen LogP) is 2.42. The molecule has 9 heteroatoms. The minimum atomic E-state index is -0.543. The molecular formula is C19H19BrN4O4. The number of hydrogen-bond donors (Lipinski definition) is 2. The zero-order valence-electron chi connectivity index (χ0n) is 15.3. The summed E-state index contributed by atoms with van der Waals surface area (Å²) in [5.74, 6) is 0.522. The Morgan fingerprint density at radius 2 is 2.07 bits per heavy atom. The van der Waals surface area contributed by atoms with Crippen molar-refractivity contribution < 1.29 is 18.7 Å². The molecule has 2 N–H and O–H groups in total. The molecule has 1 atom stereocenters. The fraction of sp³-hybridized carbons (Fsp3) is 0.211. The molecule has 0 aliphatic heterocycles. The molecule has 2 amide bonds. The van der Waals surface area contributed by atoms with Crippen molar-refractivity contribution in [2.75, 3.05) is 13.7 Å². The van der Waals surface area contributed by atoms with E-state index in [0.29, 0.717) is 16.2 Å². The van der Waals surface area contributed by atoms with Gasteiger partial charge in [-0.1, -0.05) is 18.2 Å². The maximum atomic E-state index is 12.5. The van der Waals surface area contributed by atoms with E-state index in [9.17, 15) is 9.59 Å². The minimum Gasteiger partial charge on any atom is -0.496 e. The van der Waals surface area contributed by atoms with Crippen molar-refractivity contribution in [2.45, 2.75) is 6.04 Å². The first-order chi connectivity index (χ1) is 13.5. The summed E-state index contributed by atoms with van der Waals surface area (Å²) in [7, 11) is 3.41. The molecule has 0 saturated carbocycles. The number of nitrogens with one attached hydrogen (secondary N) is 2. The number of rotatable bonds is 7. The van der Waals surface area contributed by atoms with Crippen LogP contribution in [0.3, 0.4) is 0 Å². The Balaban J connectivity index is 1.75. The number of halogens is 1. The third-order valence-corrected chi connectivity index (χ3v) is 4.50. The molecule has 3 aromatic rings. The average Bonchev–Trinajstić information content (AvgIpc) is 3.32. The monoisotopic (exact) mass is 446 g/mol. The van der Waals surface area contributed by atoms with Gasteiger partial charge in [-0.05, 0) is 34.1 Å². The van der Waals surface area contributed by atoms with Gasteiger partial charge in [-0.25, -0.2) is 4.98 Å². The topological polar surface area (TPSA) is 98.4 Å². The van der Waals surface area contributed by atoms with Crippen molar-refractivity contribution in [3.8, 4) is 5.75 Å². The van der Waals surface area contributed by atoms with Gasteiger partial charge in [-0.2, -0.15) is 0 Å². The molecule has 146 valence electrons. The second-order valence-electron chi connectivity index (χ2n) is 5.93. The normalized spacial score (nSPS) is 11.7. The molecule has 0 radical (unpaired) electrons. The molecule has 28 heavy (non-hydrogen) atoms. The van der Waals surface area contributed by atoms with Gasteiger partial charge >= 0.3 is 0 Å². The zero-order valence-corrected chi connectivity index (χ0v) is 16.9. The SMILES string of the molecule is COc1ccccc1C(NC(=O)CNC(=O)c1ccc(Br)o1)c1nccn1C. The number of carbonyl (C=O) groups is 2. The second kappa shape index (κ2) is 8.75. The highest BCUT2D eigenvalue weighted by Gasteiger charge is 2.24. The number of ether oxygens (including phenoxy) is 1. The van der Waals surface area contributed by atoms with Crippen LogP contribution in [0.15, 0.2) is 57.9 Å². The zero-order chi connectivity index (χ0) is 20.1. The highest BCUT2D eigenvalue weighted by atomic mass is 79.9. The number of benzene rings is 1. The fourth-order valence-corrected chi connectivity index (χ4v) is 3.04. The summed E-state index contributed by atoms with van der Waals surface area (Å²) in [5, 5.41) is 5.44. The summed E-state index contributed by atoms with van der Waals surface area (Å²) >= 11 is 3.13. The summed E-state index contributed by atoms with van der Waals surface area (Å²) in [6.07, 6.45) is 3.45. The van der Waals surface area contributed by atoms with Crippen LogP contribution in [-0.2, 0) is 11.8 Å². The average molecular weight is 447 g/mol. The Labute approximate surface area is 170 Å². The quantitative estimate of drug-likeness (QED) is 0.580. The summed E-state index contributed by atoms with van der Waals surface area (Å²) in [6.45, 7) is -0.215. The van der Waals surface area contributed by atoms with Gasteiger partial charge in [-0.15, -0.1) is 0 Å². The van der Waals surface area contributed by atoms with Crippen molar-refractivity contribution in [1.82, 2.24) is 20.2 Å². The van der Waals surface area contributed by atoms with E-state index >= 15 is 0 Å². The summed E-state index contributed by atoms with van der Waals surface area (Å²) in [6, 6.07) is 9.96. The third-order valence-electron chi connectivity index (χ3n) is 4.08. The number of para-hydroxylation sites is 1. The van der Waals surface area contributed by atoms with Crippen molar-refractivity contribution in [2.24, 2.45) is 7.05 Å². The van der Waals surface area contributed by atoms with E-state index < -0.39 is 11.9 Å². The molecule has 0 saturated heterocycles. The van der Waals surface area contributed by atoms with Gasteiger partial charge in [0.25, 0.3) is 5.91 Å². The maximum absolute atomic E-state index is 12.5. The summed E-state index contributed by atoms with van der Waals surface area (Å²) < 4.78 is 12.9. The number of nitrogens with zero attached hydrogens (tertiary/aromatic N) is 2. The molecule has 2 heterocycles. The van der Waals surface area contributed by atoms with Crippen molar-refractivity contribution in [3.05, 3.63) is 70.6 Å². The highest BCUT2D eigenvalue weighted by Crippen LogP contribution is 2.28. The Bertz CT molecular complexity index is 982. The molecule has 1 unspecified atom stereocenters. The Morgan fingerprint density at radius 3 is 2.71 bits per heavy atom. The lowest BCUT2D eigenvalue weighted by Gasteiger charge is -2.21. The molecule has 0 spiro atoms. The van der Waals surface area contributed by atoms with Crippen LogP contribution < -0.4 is 15.4 Å². The van der Waals surface area contributed by atoms with Crippen molar-refractivity contribution in [1.29, 1.82) is 0 Å². The molecule has 2 aromatic heterocycles. The molecular weight excluding hydrogens is 428 g/mol. The number of aromatic nitrogens is 2. The largest absolute Gasteiger partial charge is 0.496 e. The minimum absolute atomic E-state index is 0.116. The van der Waals surface area contributed by atoms with Gasteiger partial charge in [0.05, 0.1) is 13.7 Å². The Kier molecular flexibility index (Phi) is 6.15. The number of carbonyl (C=O) groups excluding carboxylic acids is 2. The number of methoxy groups -OCH3 is 1. The van der Waals surface area contributed by atoms with Crippen LogP contribution in [0.4, 0.5) is 0 Å². The van der Waals surface area contributed by atoms with E-state index in [4.69, 9.17) is 9.15 Å².